The predicted molar refractivity (Wildman–Crippen MR) is 32.7 cm³/mol. The Hall–Kier alpha value is -1.10. The molecular weight excluding hydrogens is 138 g/mol. The highest BCUT2D eigenvalue weighted by atomic mass is 16.5. The second kappa shape index (κ2) is 4.75. The molecule has 0 aliphatic heterocycles. The van der Waals surface area contributed by atoms with Crippen LogP contribution in [0.5, 0.6) is 0 Å². The van der Waals surface area contributed by atoms with Crippen LogP contribution in [-0.2, 0) is 9.53 Å². The van der Waals surface area contributed by atoms with Gasteiger partial charge in [-0.25, -0.2) is 4.79 Å². The number of hydrogen-bond acceptors (Lipinski definition) is 3. The number of carbonyl (C=O) groups is 2. The minimum atomic E-state index is -1.33. The van der Waals surface area contributed by atoms with Crippen LogP contribution in [0.3, 0.4) is 0 Å². The van der Waals surface area contributed by atoms with Crippen molar-refractivity contribution >= 4 is 12.0 Å². The molecule has 0 aromatic carbocycles. The van der Waals surface area contributed by atoms with Gasteiger partial charge >= 0.3 is 6.09 Å². The van der Waals surface area contributed by atoms with Crippen LogP contribution in [0.2, 0.25) is 0 Å². The van der Waals surface area contributed by atoms with Crippen LogP contribution in [0.15, 0.2) is 0 Å². The molecule has 0 saturated carbocycles. The maximum Gasteiger partial charge on any atom is 0.411 e. The van der Waals surface area contributed by atoms with E-state index in [0.717, 1.165) is 0 Å². The van der Waals surface area contributed by atoms with Crippen LogP contribution in [0.1, 0.15) is 6.42 Å². The van der Waals surface area contributed by atoms with Crippen molar-refractivity contribution in [2.45, 2.75) is 6.42 Å². The van der Waals surface area contributed by atoms with Crippen LogP contribution in [-0.4, -0.2) is 30.8 Å². The number of hydrogen-bond donors (Lipinski definition) is 2. The molecule has 0 aliphatic rings. The van der Waals surface area contributed by atoms with Crippen molar-refractivity contribution in [3.8, 4) is 0 Å². The Morgan fingerprint density at radius 2 is 2.20 bits per heavy atom. The molecule has 0 saturated heterocycles. The van der Waals surface area contributed by atoms with Gasteiger partial charge in [0.1, 0.15) is 0 Å². The third-order valence-electron chi connectivity index (χ3n) is 0.780. The molecule has 0 unspecified atom stereocenters. The van der Waals surface area contributed by atoms with E-state index in [-0.39, 0.29) is 13.0 Å². The van der Waals surface area contributed by atoms with Crippen LogP contribution in [0, 0.1) is 0 Å². The number of amides is 2. The van der Waals surface area contributed by atoms with Gasteiger partial charge in [-0.05, 0) is 0 Å². The van der Waals surface area contributed by atoms with E-state index < -0.39 is 12.0 Å². The fourth-order valence-electron chi connectivity index (χ4n) is 0.377. The van der Waals surface area contributed by atoms with Crippen LogP contribution in [0.4, 0.5) is 4.79 Å². The maximum atomic E-state index is 10.4. The molecule has 0 aromatic heterocycles. The van der Waals surface area contributed by atoms with E-state index in [2.05, 4.69) is 4.74 Å². The summed E-state index contributed by atoms with van der Waals surface area (Å²) in [6.45, 7) is 0.235. The Balaban J connectivity index is 3.35. The summed E-state index contributed by atoms with van der Waals surface area (Å²) in [6, 6.07) is 0. The Morgan fingerprint density at radius 1 is 1.60 bits per heavy atom. The van der Waals surface area contributed by atoms with Crippen molar-refractivity contribution in [2.24, 2.45) is 0 Å². The lowest BCUT2D eigenvalue weighted by atomic mass is 10.4. The molecule has 5 nitrogen and oxygen atoms in total. The molecule has 10 heavy (non-hydrogen) atoms. The fraction of sp³-hybridized carbons (Fsp3) is 0.600. The molecule has 5 heteroatoms. The van der Waals surface area contributed by atoms with Gasteiger partial charge in [-0.2, -0.15) is 0 Å². The van der Waals surface area contributed by atoms with Gasteiger partial charge in [-0.3, -0.25) is 10.1 Å². The van der Waals surface area contributed by atoms with Crippen molar-refractivity contribution in [3.63, 3.8) is 0 Å². The predicted octanol–water partition coefficient (Wildman–Crippen LogP) is -0.183. The summed E-state index contributed by atoms with van der Waals surface area (Å²) in [5, 5.41) is 9.69. The van der Waals surface area contributed by atoms with E-state index in [1.54, 1.807) is 5.32 Å². The molecule has 58 valence electrons. The van der Waals surface area contributed by atoms with Crippen LogP contribution in [0.25, 0.3) is 0 Å². The number of methoxy groups -OCH3 is 1. The van der Waals surface area contributed by atoms with Gasteiger partial charge in [0.15, 0.2) is 0 Å². The summed E-state index contributed by atoms with van der Waals surface area (Å²) in [7, 11) is 1.44. The Kier molecular flexibility index (Phi) is 4.23. The van der Waals surface area contributed by atoms with Gasteiger partial charge in [0.2, 0.25) is 5.91 Å². The highest BCUT2D eigenvalue weighted by molar-refractivity contribution is 5.90. The molecule has 0 rings (SSSR count). The minimum Gasteiger partial charge on any atom is -0.465 e. The minimum absolute atomic E-state index is 0.0722. The Morgan fingerprint density at radius 3 is 2.60 bits per heavy atom. The summed E-state index contributed by atoms with van der Waals surface area (Å²) < 4.78 is 4.54. The molecule has 0 aromatic rings. The smallest absolute Gasteiger partial charge is 0.411 e. The van der Waals surface area contributed by atoms with Gasteiger partial charge in [-0.1, -0.05) is 0 Å². The topological polar surface area (TPSA) is 75.6 Å². The lowest BCUT2D eigenvalue weighted by molar-refractivity contribution is -0.121. The first-order chi connectivity index (χ1) is 4.66. The number of nitrogens with one attached hydrogen (secondary N) is 1. The summed E-state index contributed by atoms with van der Waals surface area (Å²) in [6.07, 6.45) is -1.26. The van der Waals surface area contributed by atoms with Crippen LogP contribution >= 0.6 is 0 Å². The van der Waals surface area contributed by atoms with Crippen LogP contribution < -0.4 is 5.32 Å². The zero-order valence-electron chi connectivity index (χ0n) is 5.59. The number of ether oxygens (including phenoxy) is 1. The molecule has 2 N–H and O–H groups in total. The monoisotopic (exact) mass is 147 g/mol. The molecule has 0 bridgehead atoms. The van der Waals surface area contributed by atoms with Gasteiger partial charge in [0.05, 0.1) is 13.0 Å². The summed E-state index contributed by atoms with van der Waals surface area (Å²) in [4.78, 5) is 20.2. The van der Waals surface area contributed by atoms with E-state index >= 15 is 0 Å². The number of rotatable bonds is 3. The van der Waals surface area contributed by atoms with Gasteiger partial charge in [-0.15, -0.1) is 0 Å². The normalized spacial score (nSPS) is 8.90. The lowest BCUT2D eigenvalue weighted by Gasteiger charge is -1.97. The summed E-state index contributed by atoms with van der Waals surface area (Å²) in [5.74, 6) is -0.547. The molecule has 0 heterocycles. The van der Waals surface area contributed by atoms with Crippen molar-refractivity contribution in [1.29, 1.82) is 0 Å². The molecule has 0 spiro atoms. The summed E-state index contributed by atoms with van der Waals surface area (Å²) >= 11 is 0. The third-order valence-corrected chi connectivity index (χ3v) is 0.780. The quantitative estimate of drug-likeness (QED) is 0.580. The standard InChI is InChI=1S/C5H9NO4/c1-10-3-2-4(7)6-5(8)9/h2-3H2,1H3,(H,6,7)(H,8,9). The number of carbonyl (C=O) groups excluding carboxylic acids is 1. The Labute approximate surface area is 58.0 Å². The zero-order chi connectivity index (χ0) is 7.98. The van der Waals surface area contributed by atoms with Gasteiger partial charge < -0.3 is 9.84 Å². The highest BCUT2D eigenvalue weighted by Crippen LogP contribution is 1.79. The average Bonchev–Trinajstić information content (AvgIpc) is 1.82. The van der Waals surface area contributed by atoms with E-state index in [0.29, 0.717) is 0 Å². The number of carboxylic acid groups (broad SMARTS) is 1. The molecule has 0 atom stereocenters. The molecular formula is C5H9NO4. The van der Waals surface area contributed by atoms with Crippen molar-refractivity contribution in [2.75, 3.05) is 13.7 Å². The first-order valence-electron chi connectivity index (χ1n) is 2.68. The van der Waals surface area contributed by atoms with E-state index in [1.165, 1.54) is 7.11 Å². The third kappa shape index (κ3) is 5.04. The highest BCUT2D eigenvalue weighted by Gasteiger charge is 2.03. The van der Waals surface area contributed by atoms with Crippen molar-refractivity contribution < 1.29 is 19.4 Å². The largest absolute Gasteiger partial charge is 0.465 e. The van der Waals surface area contributed by atoms with E-state index in [4.69, 9.17) is 5.11 Å². The van der Waals surface area contributed by atoms with Gasteiger partial charge in [0.25, 0.3) is 0 Å². The van der Waals surface area contributed by atoms with Crippen molar-refractivity contribution in [1.82, 2.24) is 5.32 Å². The zero-order valence-corrected chi connectivity index (χ0v) is 5.59. The van der Waals surface area contributed by atoms with Crippen molar-refractivity contribution in [3.05, 3.63) is 0 Å². The number of imide groups is 1. The maximum absolute atomic E-state index is 10.4. The summed E-state index contributed by atoms with van der Waals surface area (Å²) in [5.41, 5.74) is 0. The van der Waals surface area contributed by atoms with Gasteiger partial charge in [0, 0.05) is 7.11 Å². The first kappa shape index (κ1) is 8.90. The molecule has 0 aliphatic carbocycles. The average molecular weight is 147 g/mol. The second-order valence-electron chi connectivity index (χ2n) is 1.60. The molecule has 2 amide bonds. The first-order valence-corrected chi connectivity index (χ1v) is 2.68. The fourth-order valence-corrected chi connectivity index (χ4v) is 0.377. The SMILES string of the molecule is COCCC(=O)NC(=O)O. The van der Waals surface area contributed by atoms with E-state index in [1.807, 2.05) is 0 Å². The van der Waals surface area contributed by atoms with E-state index in [9.17, 15) is 9.59 Å². The molecule has 0 fully saturated rings. The second-order valence-corrected chi connectivity index (χ2v) is 1.60. The molecule has 0 radical (unpaired) electrons. The lowest BCUT2D eigenvalue weighted by Crippen LogP contribution is -2.29. The Bertz CT molecular complexity index is 134.